The van der Waals surface area contributed by atoms with Gasteiger partial charge in [-0.25, -0.2) is 0 Å². The van der Waals surface area contributed by atoms with Gasteiger partial charge in [-0.05, 0) is 38.5 Å². The Bertz CT molecular complexity index is 453. The van der Waals surface area contributed by atoms with Crippen molar-refractivity contribution in [1.82, 2.24) is 0 Å². The molecule has 7 nitrogen and oxygen atoms in total. The Labute approximate surface area is 162 Å². The molecule has 0 aliphatic carbocycles. The Hall–Kier alpha value is -1.76. The molecule has 2 atom stereocenters. The predicted octanol–water partition coefficient (Wildman–Crippen LogP) is 2.59. The van der Waals surface area contributed by atoms with Gasteiger partial charge >= 0.3 is 11.9 Å². The Morgan fingerprint density at radius 3 is 1.22 bits per heavy atom. The summed E-state index contributed by atoms with van der Waals surface area (Å²) in [6, 6.07) is 0. The number of ether oxygens (including phenoxy) is 3. The molecule has 2 unspecified atom stereocenters. The number of rotatable bonds is 14. The molecule has 0 bridgehead atoms. The molecular weight excluding hydrogens is 352 g/mol. The number of hydrogen-bond acceptors (Lipinski definition) is 7. The minimum atomic E-state index is -0.740. The van der Waals surface area contributed by atoms with Crippen molar-refractivity contribution >= 4 is 23.5 Å². The van der Waals surface area contributed by atoms with Crippen LogP contribution in [0, 0.1) is 23.7 Å². The highest BCUT2D eigenvalue weighted by atomic mass is 16.6. The zero-order valence-corrected chi connectivity index (χ0v) is 17.4. The molecule has 0 N–H and O–H groups in total. The van der Waals surface area contributed by atoms with Gasteiger partial charge in [-0.15, -0.1) is 0 Å². The van der Waals surface area contributed by atoms with Gasteiger partial charge in [-0.3, -0.25) is 19.2 Å². The van der Waals surface area contributed by atoms with E-state index in [4.69, 9.17) is 14.2 Å². The van der Waals surface area contributed by atoms with E-state index in [9.17, 15) is 19.2 Å². The number of hydrogen-bond donors (Lipinski definition) is 0. The van der Waals surface area contributed by atoms with Gasteiger partial charge < -0.3 is 14.2 Å². The summed E-state index contributed by atoms with van der Waals surface area (Å²) in [6.07, 6.45) is 0.914. The first-order valence-corrected chi connectivity index (χ1v) is 9.48. The third-order valence-electron chi connectivity index (χ3n) is 3.91. The molecule has 0 fully saturated rings. The molecule has 0 spiro atoms. The Kier molecular flexibility index (Phi) is 12.5. The van der Waals surface area contributed by atoms with Crippen molar-refractivity contribution in [3.63, 3.8) is 0 Å². The first-order valence-electron chi connectivity index (χ1n) is 9.48. The lowest BCUT2D eigenvalue weighted by Crippen LogP contribution is -2.28. The van der Waals surface area contributed by atoms with Gasteiger partial charge in [0.15, 0.2) is 0 Å². The molecule has 0 aliphatic heterocycles. The quantitative estimate of drug-likeness (QED) is 0.257. The summed E-state index contributed by atoms with van der Waals surface area (Å²) in [5, 5.41) is 0. The molecule has 0 aromatic rings. The van der Waals surface area contributed by atoms with E-state index < -0.39 is 23.8 Å². The molecule has 0 aromatic heterocycles. The van der Waals surface area contributed by atoms with Crippen molar-refractivity contribution in [1.29, 1.82) is 0 Å². The fourth-order valence-electron chi connectivity index (χ4n) is 2.50. The average molecular weight is 386 g/mol. The largest absolute Gasteiger partial charge is 0.463 e. The van der Waals surface area contributed by atoms with E-state index in [1.54, 1.807) is 0 Å². The van der Waals surface area contributed by atoms with Gasteiger partial charge in [0.05, 0.1) is 13.2 Å². The summed E-state index contributed by atoms with van der Waals surface area (Å²) >= 11 is 0. The summed E-state index contributed by atoms with van der Waals surface area (Å²) in [5.41, 5.74) is 0. The number of ketones is 2. The predicted molar refractivity (Wildman–Crippen MR) is 100.0 cm³/mol. The van der Waals surface area contributed by atoms with E-state index in [0.717, 1.165) is 0 Å². The smallest absolute Gasteiger partial charge is 0.316 e. The standard InChI is InChI=1S/C20H34O7/c1-13(2)11-17(15(5)21)19(23)26-9-7-25-8-10-27-20(24)18(16(6)22)12-14(3)4/h13-14,17-18H,7-12H2,1-6H3. The average Bonchev–Trinajstić information content (AvgIpc) is 2.55. The second-order valence-electron chi connectivity index (χ2n) is 7.53. The van der Waals surface area contributed by atoms with Crippen LogP contribution in [0.4, 0.5) is 0 Å². The van der Waals surface area contributed by atoms with Crippen LogP contribution in [0.3, 0.4) is 0 Å². The van der Waals surface area contributed by atoms with Gasteiger partial charge in [0.25, 0.3) is 0 Å². The molecule has 0 saturated heterocycles. The molecular formula is C20H34O7. The number of carbonyl (C=O) groups excluding carboxylic acids is 4. The molecule has 156 valence electrons. The zero-order chi connectivity index (χ0) is 21.0. The minimum absolute atomic E-state index is 0.0259. The summed E-state index contributed by atoms with van der Waals surface area (Å²) < 4.78 is 15.4. The fraction of sp³-hybridized carbons (Fsp3) is 0.800. The molecule has 0 aliphatic rings. The van der Waals surface area contributed by atoms with Crippen LogP contribution in [0.25, 0.3) is 0 Å². The fourth-order valence-corrected chi connectivity index (χ4v) is 2.50. The second-order valence-corrected chi connectivity index (χ2v) is 7.53. The number of carbonyl (C=O) groups is 4. The monoisotopic (exact) mass is 386 g/mol. The van der Waals surface area contributed by atoms with Gasteiger partial charge in [-0.1, -0.05) is 27.7 Å². The van der Waals surface area contributed by atoms with E-state index >= 15 is 0 Å². The zero-order valence-electron chi connectivity index (χ0n) is 17.4. The highest BCUT2D eigenvalue weighted by Gasteiger charge is 2.26. The molecule has 0 saturated carbocycles. The summed E-state index contributed by atoms with van der Waals surface area (Å²) in [4.78, 5) is 46.9. The van der Waals surface area contributed by atoms with Crippen LogP contribution in [-0.2, 0) is 33.4 Å². The van der Waals surface area contributed by atoms with Crippen LogP contribution in [-0.4, -0.2) is 49.9 Å². The van der Waals surface area contributed by atoms with Crippen LogP contribution in [0.2, 0.25) is 0 Å². The maximum absolute atomic E-state index is 11.9. The Morgan fingerprint density at radius 2 is 0.963 bits per heavy atom. The van der Waals surface area contributed by atoms with E-state index in [1.807, 2.05) is 27.7 Å². The van der Waals surface area contributed by atoms with Crippen molar-refractivity contribution in [3.8, 4) is 0 Å². The summed E-state index contributed by atoms with van der Waals surface area (Å²) in [7, 11) is 0. The van der Waals surface area contributed by atoms with E-state index in [-0.39, 0.29) is 49.8 Å². The van der Waals surface area contributed by atoms with Gasteiger partial charge in [-0.2, -0.15) is 0 Å². The van der Waals surface area contributed by atoms with E-state index in [1.165, 1.54) is 13.8 Å². The molecule has 0 aromatic carbocycles. The number of esters is 2. The Balaban J connectivity index is 4.03. The summed E-state index contributed by atoms with van der Waals surface area (Å²) in [5.74, 6) is -2.54. The second kappa shape index (κ2) is 13.4. The molecule has 0 heterocycles. The van der Waals surface area contributed by atoms with Crippen molar-refractivity contribution in [2.24, 2.45) is 23.7 Å². The molecule has 0 radical (unpaired) electrons. The third-order valence-corrected chi connectivity index (χ3v) is 3.91. The SMILES string of the molecule is CC(=O)C(CC(C)C)C(=O)OCCOCCOC(=O)C(CC(C)C)C(C)=O. The normalized spacial score (nSPS) is 13.3. The van der Waals surface area contributed by atoms with Crippen LogP contribution in [0.1, 0.15) is 54.4 Å². The lowest BCUT2D eigenvalue weighted by Gasteiger charge is -2.16. The summed E-state index contributed by atoms with van der Waals surface area (Å²) in [6.45, 7) is 10.8. The van der Waals surface area contributed by atoms with Gasteiger partial charge in [0.2, 0.25) is 0 Å². The Morgan fingerprint density at radius 1 is 0.630 bits per heavy atom. The van der Waals surface area contributed by atoms with Crippen LogP contribution < -0.4 is 0 Å². The van der Waals surface area contributed by atoms with Crippen molar-refractivity contribution in [2.45, 2.75) is 54.4 Å². The molecule has 0 rings (SSSR count). The van der Waals surface area contributed by atoms with Crippen molar-refractivity contribution < 1.29 is 33.4 Å². The topological polar surface area (TPSA) is 96.0 Å². The number of Topliss-reactive ketones (excluding diaryl/α,β-unsaturated/α-hetero) is 2. The van der Waals surface area contributed by atoms with E-state index in [2.05, 4.69) is 0 Å². The first kappa shape index (κ1) is 25.2. The lowest BCUT2D eigenvalue weighted by molar-refractivity contribution is -0.154. The maximum atomic E-state index is 11.9. The lowest BCUT2D eigenvalue weighted by atomic mass is 9.94. The van der Waals surface area contributed by atoms with Crippen LogP contribution in [0.15, 0.2) is 0 Å². The van der Waals surface area contributed by atoms with E-state index in [0.29, 0.717) is 12.8 Å². The van der Waals surface area contributed by atoms with Crippen molar-refractivity contribution in [3.05, 3.63) is 0 Å². The molecule has 27 heavy (non-hydrogen) atoms. The van der Waals surface area contributed by atoms with Crippen LogP contribution >= 0.6 is 0 Å². The van der Waals surface area contributed by atoms with Gasteiger partial charge in [0.1, 0.15) is 36.6 Å². The highest BCUT2D eigenvalue weighted by Crippen LogP contribution is 2.15. The molecule has 0 amide bonds. The third kappa shape index (κ3) is 11.5. The van der Waals surface area contributed by atoms with Crippen LogP contribution in [0.5, 0.6) is 0 Å². The van der Waals surface area contributed by atoms with Crippen molar-refractivity contribution in [2.75, 3.05) is 26.4 Å². The van der Waals surface area contributed by atoms with Gasteiger partial charge in [0, 0.05) is 0 Å². The maximum Gasteiger partial charge on any atom is 0.316 e. The first-order chi connectivity index (χ1) is 12.6. The minimum Gasteiger partial charge on any atom is -0.463 e. The molecule has 7 heteroatoms. The highest BCUT2D eigenvalue weighted by molar-refractivity contribution is 5.98.